The third-order valence-corrected chi connectivity index (χ3v) is 5.69. The molecule has 2 heterocycles. The van der Waals surface area contributed by atoms with Crippen LogP contribution in [0.1, 0.15) is 42.7 Å². The summed E-state index contributed by atoms with van der Waals surface area (Å²) in [5.74, 6) is -1.70. The standard InChI is InChI=1S/C26H33N5O5/c1-17(2)23-26(35)28-13-7-15-36-21-10-4-3-9-19(21)24(33)30-20(16-22(32)31-23)25(34)29-14-11-18-8-5-6-12-27-18/h3-6,8-10,12,17,20,23H,7,11,13-16H2,1-2H3,(H,28,35)(H,29,34)(H,30,33)(H,31,32)/t20-,23+/m0/s1. The first-order chi connectivity index (χ1) is 17.3. The Morgan fingerprint density at radius 2 is 1.89 bits per heavy atom. The molecule has 0 fully saturated rings. The molecule has 10 heteroatoms. The predicted molar refractivity (Wildman–Crippen MR) is 133 cm³/mol. The summed E-state index contributed by atoms with van der Waals surface area (Å²) in [7, 11) is 0. The number of amides is 4. The third kappa shape index (κ3) is 7.79. The van der Waals surface area contributed by atoms with E-state index in [1.165, 1.54) is 0 Å². The van der Waals surface area contributed by atoms with Crippen LogP contribution in [0, 0.1) is 5.92 Å². The summed E-state index contributed by atoms with van der Waals surface area (Å²) >= 11 is 0. The summed E-state index contributed by atoms with van der Waals surface area (Å²) in [5, 5.41) is 11.0. The minimum Gasteiger partial charge on any atom is -0.493 e. The molecule has 2 aromatic rings. The van der Waals surface area contributed by atoms with Gasteiger partial charge in [0.25, 0.3) is 5.91 Å². The highest BCUT2D eigenvalue weighted by molar-refractivity contribution is 6.01. The van der Waals surface area contributed by atoms with Crippen LogP contribution in [0.4, 0.5) is 0 Å². The van der Waals surface area contributed by atoms with Gasteiger partial charge in [-0.2, -0.15) is 0 Å². The minimum atomic E-state index is -1.16. The molecule has 0 unspecified atom stereocenters. The van der Waals surface area contributed by atoms with E-state index in [1.807, 2.05) is 26.0 Å². The lowest BCUT2D eigenvalue weighted by Gasteiger charge is -2.23. The molecule has 3 rings (SSSR count). The molecule has 2 atom stereocenters. The number of nitrogens with zero attached hydrogens (tertiary/aromatic N) is 1. The Labute approximate surface area is 210 Å². The highest BCUT2D eigenvalue weighted by atomic mass is 16.5. The number of carbonyl (C=O) groups is 4. The number of pyridine rings is 1. The average Bonchev–Trinajstić information content (AvgIpc) is 2.87. The SMILES string of the molecule is CC(C)[C@H]1NC(=O)C[C@@H](C(=O)NCCc2ccccn2)NC(=O)c2ccccc2OCCCNC1=O. The van der Waals surface area contributed by atoms with Crippen molar-refractivity contribution in [2.75, 3.05) is 19.7 Å². The van der Waals surface area contributed by atoms with Crippen molar-refractivity contribution in [3.8, 4) is 5.75 Å². The highest BCUT2D eigenvalue weighted by Crippen LogP contribution is 2.18. The van der Waals surface area contributed by atoms with Gasteiger partial charge in [-0.1, -0.05) is 32.0 Å². The van der Waals surface area contributed by atoms with Crippen LogP contribution < -0.4 is 26.0 Å². The Morgan fingerprint density at radius 1 is 1.11 bits per heavy atom. The Kier molecular flexibility index (Phi) is 9.79. The summed E-state index contributed by atoms with van der Waals surface area (Å²) in [6.07, 6.45) is 2.34. The van der Waals surface area contributed by atoms with Crippen molar-refractivity contribution >= 4 is 23.6 Å². The van der Waals surface area contributed by atoms with Crippen molar-refractivity contribution in [1.82, 2.24) is 26.3 Å². The highest BCUT2D eigenvalue weighted by Gasteiger charge is 2.29. The van der Waals surface area contributed by atoms with E-state index in [4.69, 9.17) is 4.74 Å². The molecular weight excluding hydrogens is 462 g/mol. The molecule has 0 bridgehead atoms. The number of hydrogen-bond acceptors (Lipinski definition) is 6. The van der Waals surface area contributed by atoms with E-state index in [0.717, 1.165) is 5.69 Å². The van der Waals surface area contributed by atoms with E-state index in [0.29, 0.717) is 25.1 Å². The first kappa shape index (κ1) is 26.7. The third-order valence-electron chi connectivity index (χ3n) is 5.69. The molecular formula is C26H33N5O5. The van der Waals surface area contributed by atoms with Crippen LogP contribution in [0.2, 0.25) is 0 Å². The van der Waals surface area contributed by atoms with Crippen LogP contribution in [0.3, 0.4) is 0 Å². The number of para-hydroxylation sites is 1. The second-order valence-corrected chi connectivity index (χ2v) is 8.87. The predicted octanol–water partition coefficient (Wildman–Crippen LogP) is 0.969. The van der Waals surface area contributed by atoms with Crippen LogP contribution >= 0.6 is 0 Å². The van der Waals surface area contributed by atoms with Gasteiger partial charge < -0.3 is 26.0 Å². The second kappa shape index (κ2) is 13.2. The molecule has 36 heavy (non-hydrogen) atoms. The minimum absolute atomic E-state index is 0.176. The van der Waals surface area contributed by atoms with Gasteiger partial charge in [-0.25, -0.2) is 0 Å². The number of fused-ring (bicyclic) bond motifs is 1. The van der Waals surface area contributed by atoms with E-state index >= 15 is 0 Å². The zero-order valence-corrected chi connectivity index (χ0v) is 20.6. The van der Waals surface area contributed by atoms with E-state index < -0.39 is 29.8 Å². The quantitative estimate of drug-likeness (QED) is 0.488. The lowest BCUT2D eigenvalue weighted by atomic mass is 10.0. The van der Waals surface area contributed by atoms with Gasteiger partial charge in [0.15, 0.2) is 0 Å². The number of hydrogen-bond donors (Lipinski definition) is 4. The van der Waals surface area contributed by atoms with Crippen LogP contribution in [0.15, 0.2) is 48.7 Å². The fourth-order valence-corrected chi connectivity index (χ4v) is 3.74. The van der Waals surface area contributed by atoms with Crippen molar-refractivity contribution in [3.05, 3.63) is 59.9 Å². The Balaban J connectivity index is 1.79. The monoisotopic (exact) mass is 495 g/mol. The van der Waals surface area contributed by atoms with Crippen LogP contribution in [-0.2, 0) is 20.8 Å². The van der Waals surface area contributed by atoms with Crippen molar-refractivity contribution in [3.63, 3.8) is 0 Å². The number of ether oxygens (including phenoxy) is 1. The lowest BCUT2D eigenvalue weighted by molar-refractivity contribution is -0.131. The molecule has 0 saturated carbocycles. The van der Waals surface area contributed by atoms with Crippen molar-refractivity contribution in [1.29, 1.82) is 0 Å². The number of aromatic nitrogens is 1. The molecule has 192 valence electrons. The molecule has 0 saturated heterocycles. The van der Waals surface area contributed by atoms with E-state index in [1.54, 1.807) is 36.5 Å². The summed E-state index contributed by atoms with van der Waals surface area (Å²) in [4.78, 5) is 55.9. The summed E-state index contributed by atoms with van der Waals surface area (Å²) in [6, 6.07) is 10.3. The zero-order chi connectivity index (χ0) is 25.9. The van der Waals surface area contributed by atoms with Crippen LogP contribution in [0.5, 0.6) is 5.75 Å². The molecule has 1 aliphatic heterocycles. The smallest absolute Gasteiger partial charge is 0.255 e. The number of benzene rings is 1. The maximum absolute atomic E-state index is 13.1. The van der Waals surface area contributed by atoms with Crippen LogP contribution in [0.25, 0.3) is 0 Å². The summed E-state index contributed by atoms with van der Waals surface area (Å²) in [5.41, 5.74) is 1.06. The zero-order valence-electron chi connectivity index (χ0n) is 20.6. The van der Waals surface area contributed by atoms with Gasteiger partial charge in [0.2, 0.25) is 17.7 Å². The first-order valence-corrected chi connectivity index (χ1v) is 12.1. The number of nitrogens with one attached hydrogen (secondary N) is 4. The molecule has 1 aromatic heterocycles. The van der Waals surface area contributed by atoms with Gasteiger partial charge in [-0.05, 0) is 36.6 Å². The molecule has 4 N–H and O–H groups in total. The average molecular weight is 496 g/mol. The van der Waals surface area contributed by atoms with Crippen molar-refractivity contribution < 1.29 is 23.9 Å². The molecule has 1 aliphatic rings. The molecule has 0 aliphatic carbocycles. The van der Waals surface area contributed by atoms with Crippen molar-refractivity contribution in [2.24, 2.45) is 5.92 Å². The fourth-order valence-electron chi connectivity index (χ4n) is 3.74. The van der Waals surface area contributed by atoms with Gasteiger partial charge in [0.1, 0.15) is 17.8 Å². The van der Waals surface area contributed by atoms with Gasteiger partial charge in [-0.15, -0.1) is 0 Å². The topological polar surface area (TPSA) is 139 Å². The Morgan fingerprint density at radius 3 is 2.64 bits per heavy atom. The van der Waals surface area contributed by atoms with E-state index in [2.05, 4.69) is 26.3 Å². The van der Waals surface area contributed by atoms with E-state index in [9.17, 15) is 19.2 Å². The van der Waals surface area contributed by atoms with Gasteiger partial charge in [0, 0.05) is 31.4 Å². The summed E-state index contributed by atoms with van der Waals surface area (Å²) < 4.78 is 5.77. The lowest BCUT2D eigenvalue weighted by Crippen LogP contribution is -2.53. The van der Waals surface area contributed by atoms with Crippen LogP contribution in [-0.4, -0.2) is 60.4 Å². The van der Waals surface area contributed by atoms with E-state index in [-0.39, 0.29) is 37.0 Å². The molecule has 4 amide bonds. The maximum atomic E-state index is 13.1. The number of rotatable bonds is 5. The normalized spacial score (nSPS) is 19.5. The van der Waals surface area contributed by atoms with Gasteiger partial charge in [0.05, 0.1) is 18.6 Å². The number of carbonyl (C=O) groups excluding carboxylic acids is 4. The molecule has 0 spiro atoms. The molecule has 0 radical (unpaired) electrons. The Hall–Kier alpha value is -3.95. The molecule has 10 nitrogen and oxygen atoms in total. The first-order valence-electron chi connectivity index (χ1n) is 12.1. The van der Waals surface area contributed by atoms with Gasteiger partial charge in [-0.3, -0.25) is 24.2 Å². The largest absolute Gasteiger partial charge is 0.493 e. The second-order valence-electron chi connectivity index (χ2n) is 8.87. The summed E-state index contributed by atoms with van der Waals surface area (Å²) in [6.45, 7) is 4.55. The maximum Gasteiger partial charge on any atom is 0.255 e. The Bertz CT molecular complexity index is 1060. The fraction of sp³-hybridized carbons (Fsp3) is 0.423. The van der Waals surface area contributed by atoms with Gasteiger partial charge >= 0.3 is 0 Å². The molecule has 1 aromatic carbocycles. The van der Waals surface area contributed by atoms with Crippen molar-refractivity contribution in [2.45, 2.75) is 45.2 Å².